The van der Waals surface area contributed by atoms with E-state index in [0.29, 0.717) is 30.3 Å². The van der Waals surface area contributed by atoms with Crippen molar-refractivity contribution >= 4 is 23.9 Å². The van der Waals surface area contributed by atoms with Gasteiger partial charge in [0, 0.05) is 23.3 Å². The second-order valence-corrected chi connectivity index (χ2v) is 12.1. The van der Waals surface area contributed by atoms with Crippen LogP contribution < -0.4 is 4.74 Å². The van der Waals surface area contributed by atoms with Crippen LogP contribution in [0.2, 0.25) is 0 Å². The van der Waals surface area contributed by atoms with E-state index in [1.54, 1.807) is 0 Å². The van der Waals surface area contributed by atoms with Crippen LogP contribution in [0.4, 0.5) is 0 Å². The summed E-state index contributed by atoms with van der Waals surface area (Å²) in [6, 6.07) is 2.63. The minimum Gasteiger partial charge on any atom is -0.504 e. The van der Waals surface area contributed by atoms with Crippen molar-refractivity contribution in [3.05, 3.63) is 52.6 Å². The molecule has 14 N–H and O–H groups in total. The minimum atomic E-state index is -2.31. The zero-order valence-corrected chi connectivity index (χ0v) is 27.9. The molecular weight excluding hydrogens is 776 g/mol. The normalized spacial score (nSPS) is 20.4. The Balaban J connectivity index is 1.55. The SMILES string of the molecule is O=C(O[C@@H]1[C@@H](O)[C@H](O)O[C@@H]2COC(=O)c3cc(O)c(O)c(O)c3-c3c(cc(Oc4cc(O)c(O)c(O)c4C(=O)O)c(O)c3O)C(=O)O[C@@H]12)c1cc(O)c(O)c(O)c1. The summed E-state index contributed by atoms with van der Waals surface area (Å²) in [6.45, 7) is -1.06. The van der Waals surface area contributed by atoms with Crippen LogP contribution in [0, 0.1) is 0 Å². The number of carboxylic acids is 1. The molecule has 2 aliphatic heterocycles. The molecule has 4 aromatic rings. The molecule has 23 nitrogen and oxygen atoms in total. The van der Waals surface area contributed by atoms with Gasteiger partial charge in [0.15, 0.2) is 70.2 Å². The zero-order chi connectivity index (χ0) is 41.9. The number of carbonyl (C=O) groups is 4. The fourth-order valence-electron chi connectivity index (χ4n) is 5.87. The maximum atomic E-state index is 14.2. The van der Waals surface area contributed by atoms with Gasteiger partial charge in [-0.05, 0) is 18.2 Å². The molecule has 2 aliphatic rings. The molecule has 0 aliphatic carbocycles. The number of aromatic carboxylic acids is 1. The lowest BCUT2D eigenvalue weighted by molar-refractivity contribution is -0.285. The predicted octanol–water partition coefficient (Wildman–Crippen LogP) is 0.605. The quantitative estimate of drug-likeness (QED) is 0.0746. The predicted molar refractivity (Wildman–Crippen MR) is 176 cm³/mol. The number of carbonyl (C=O) groups excluding carboxylic acids is 3. The molecule has 300 valence electrons. The van der Waals surface area contributed by atoms with Gasteiger partial charge in [-0.15, -0.1) is 0 Å². The van der Waals surface area contributed by atoms with Gasteiger partial charge < -0.3 is 95.2 Å². The molecule has 0 amide bonds. The summed E-state index contributed by atoms with van der Waals surface area (Å²) < 4.78 is 26.6. The number of aromatic hydroxyl groups is 11. The van der Waals surface area contributed by atoms with Crippen LogP contribution in [0.25, 0.3) is 11.1 Å². The Hall–Kier alpha value is -7.76. The fraction of sp³-hybridized carbons (Fsp3) is 0.176. The summed E-state index contributed by atoms with van der Waals surface area (Å²) in [6.07, 6.45) is -10.9. The molecule has 0 spiro atoms. The molecule has 2 heterocycles. The molecule has 0 saturated carbocycles. The van der Waals surface area contributed by atoms with E-state index in [4.69, 9.17) is 23.7 Å². The summed E-state index contributed by atoms with van der Waals surface area (Å²) in [5.74, 6) is -22.8. The van der Waals surface area contributed by atoms with Crippen molar-refractivity contribution in [1.82, 2.24) is 0 Å². The van der Waals surface area contributed by atoms with E-state index in [0.717, 1.165) is 0 Å². The lowest BCUT2D eigenvalue weighted by Crippen LogP contribution is -2.61. The summed E-state index contributed by atoms with van der Waals surface area (Å²) in [5, 5.41) is 145. The topological polar surface area (TPSA) is 398 Å². The highest BCUT2D eigenvalue weighted by atomic mass is 16.7. The Kier molecular flexibility index (Phi) is 9.67. The molecule has 4 aromatic carbocycles. The number of benzene rings is 4. The van der Waals surface area contributed by atoms with E-state index in [-0.39, 0.29) is 0 Å². The summed E-state index contributed by atoms with van der Waals surface area (Å²) >= 11 is 0. The third-order valence-corrected chi connectivity index (χ3v) is 8.64. The Bertz CT molecular complexity index is 2360. The van der Waals surface area contributed by atoms with Crippen molar-refractivity contribution in [2.45, 2.75) is 30.7 Å². The van der Waals surface area contributed by atoms with Gasteiger partial charge in [0.1, 0.15) is 30.1 Å². The first-order chi connectivity index (χ1) is 26.7. The molecule has 57 heavy (non-hydrogen) atoms. The van der Waals surface area contributed by atoms with Gasteiger partial charge in [0.2, 0.25) is 17.2 Å². The monoisotopic (exact) mass is 802 g/mol. The molecule has 0 bridgehead atoms. The van der Waals surface area contributed by atoms with Gasteiger partial charge in [0.05, 0.1) is 16.7 Å². The number of hydrogen-bond donors (Lipinski definition) is 14. The van der Waals surface area contributed by atoms with Crippen molar-refractivity contribution in [2.24, 2.45) is 0 Å². The zero-order valence-electron chi connectivity index (χ0n) is 27.9. The first-order valence-electron chi connectivity index (χ1n) is 15.6. The summed E-state index contributed by atoms with van der Waals surface area (Å²) in [4.78, 5) is 52.9. The number of rotatable bonds is 5. The first-order valence-corrected chi connectivity index (χ1v) is 15.6. The molecule has 0 aromatic heterocycles. The van der Waals surface area contributed by atoms with E-state index >= 15 is 0 Å². The number of esters is 3. The Labute approximate surface area is 314 Å². The first kappa shape index (κ1) is 38.9. The van der Waals surface area contributed by atoms with Crippen LogP contribution in [0.5, 0.6) is 74.7 Å². The summed E-state index contributed by atoms with van der Waals surface area (Å²) in [5.41, 5.74) is -6.08. The Morgan fingerprint density at radius 3 is 1.79 bits per heavy atom. The molecule has 5 atom stereocenters. The maximum absolute atomic E-state index is 14.2. The lowest BCUT2D eigenvalue weighted by Gasteiger charge is -2.41. The third-order valence-electron chi connectivity index (χ3n) is 8.64. The van der Waals surface area contributed by atoms with Crippen LogP contribution in [-0.4, -0.2) is 133 Å². The highest BCUT2D eigenvalue weighted by Gasteiger charge is 2.51. The van der Waals surface area contributed by atoms with Crippen molar-refractivity contribution in [2.75, 3.05) is 6.61 Å². The Morgan fingerprint density at radius 1 is 0.632 bits per heavy atom. The van der Waals surface area contributed by atoms with Gasteiger partial charge in [-0.2, -0.15) is 0 Å². The number of phenols is 11. The lowest BCUT2D eigenvalue weighted by atomic mass is 9.91. The van der Waals surface area contributed by atoms with Crippen LogP contribution in [-0.2, 0) is 18.9 Å². The number of fused-ring (bicyclic) bond motifs is 4. The second kappa shape index (κ2) is 14.1. The van der Waals surface area contributed by atoms with E-state index in [1.807, 2.05) is 0 Å². The highest BCUT2D eigenvalue weighted by Crippen LogP contribution is 2.54. The molecule has 0 unspecified atom stereocenters. The van der Waals surface area contributed by atoms with E-state index < -0.39 is 169 Å². The maximum Gasteiger partial charge on any atom is 0.343 e. The number of aliphatic hydroxyl groups excluding tert-OH is 2. The van der Waals surface area contributed by atoms with Gasteiger partial charge in [-0.25, -0.2) is 19.2 Å². The van der Waals surface area contributed by atoms with Crippen LogP contribution >= 0.6 is 0 Å². The third kappa shape index (κ3) is 6.58. The fourth-order valence-corrected chi connectivity index (χ4v) is 5.87. The number of hydrogen-bond acceptors (Lipinski definition) is 22. The number of carboxylic acid groups (broad SMARTS) is 1. The van der Waals surface area contributed by atoms with Gasteiger partial charge in [-0.3, -0.25) is 0 Å². The van der Waals surface area contributed by atoms with E-state index in [2.05, 4.69) is 0 Å². The number of aliphatic hydroxyl groups is 2. The molecule has 23 heteroatoms. The molecular formula is C34H26O23. The number of phenolic OH excluding ortho intramolecular Hbond substituents is 10. The van der Waals surface area contributed by atoms with Gasteiger partial charge >= 0.3 is 23.9 Å². The highest BCUT2D eigenvalue weighted by molar-refractivity contribution is 6.08. The van der Waals surface area contributed by atoms with Gasteiger partial charge in [-0.1, -0.05) is 0 Å². The van der Waals surface area contributed by atoms with Gasteiger partial charge in [0.25, 0.3) is 0 Å². The number of ether oxygens (including phenoxy) is 5. The molecule has 1 fully saturated rings. The average molecular weight is 803 g/mol. The van der Waals surface area contributed by atoms with Crippen molar-refractivity contribution in [3.63, 3.8) is 0 Å². The number of cyclic esters (lactones) is 1. The van der Waals surface area contributed by atoms with Crippen molar-refractivity contribution in [3.8, 4) is 85.9 Å². The van der Waals surface area contributed by atoms with Crippen molar-refractivity contribution < 1.29 is 114 Å². The smallest absolute Gasteiger partial charge is 0.343 e. The summed E-state index contributed by atoms with van der Waals surface area (Å²) in [7, 11) is 0. The standard InChI is InChI=1S/C34H26O23/c35-10-1-7(2-11(36)20(10)39)31(49)57-29-27(46)34(52)55-16-6-53-32(50)8-3-12(37)21(40)24(43)17(8)18-9(33(51)56-28(16)29)4-15(23(42)25(18)44)54-14-5-13(38)22(41)26(45)19(14)30(47)48/h1-5,16,27-29,34-46,52H,6H2,(H,47,48)/t16-,27-,28-,29-,34-/m1/s1. The molecule has 0 radical (unpaired) electrons. The van der Waals surface area contributed by atoms with Crippen LogP contribution in [0.1, 0.15) is 41.4 Å². The largest absolute Gasteiger partial charge is 0.504 e. The van der Waals surface area contributed by atoms with E-state index in [9.17, 15) is 90.7 Å². The Morgan fingerprint density at radius 2 is 1.18 bits per heavy atom. The average Bonchev–Trinajstić information content (AvgIpc) is 3.16. The van der Waals surface area contributed by atoms with Crippen LogP contribution in [0.3, 0.4) is 0 Å². The van der Waals surface area contributed by atoms with Crippen LogP contribution in [0.15, 0.2) is 30.3 Å². The second-order valence-electron chi connectivity index (χ2n) is 12.1. The molecule has 1 saturated heterocycles. The van der Waals surface area contributed by atoms with E-state index in [1.165, 1.54) is 0 Å². The minimum absolute atomic E-state index is 0.435. The molecule has 6 rings (SSSR count). The van der Waals surface area contributed by atoms with Crippen molar-refractivity contribution in [1.29, 1.82) is 0 Å².